The highest BCUT2D eigenvalue weighted by molar-refractivity contribution is 9.10. The number of hydrogen-bond acceptors (Lipinski definition) is 4. The molecule has 7 heteroatoms. The summed E-state index contributed by atoms with van der Waals surface area (Å²) in [4.78, 5) is 0. The van der Waals surface area contributed by atoms with Gasteiger partial charge < -0.3 is 10.1 Å². The zero-order valence-corrected chi connectivity index (χ0v) is 13.1. The minimum atomic E-state index is -3.38. The van der Waals surface area contributed by atoms with Gasteiger partial charge >= 0.3 is 0 Å². The van der Waals surface area contributed by atoms with Gasteiger partial charge in [0.2, 0.25) is 10.0 Å². The molecule has 1 aromatic rings. The van der Waals surface area contributed by atoms with Gasteiger partial charge in [-0.05, 0) is 37.6 Å². The van der Waals surface area contributed by atoms with E-state index in [1.54, 1.807) is 18.2 Å². The highest BCUT2D eigenvalue weighted by atomic mass is 79.9. The first-order chi connectivity index (χ1) is 9.00. The van der Waals surface area contributed by atoms with Crippen LogP contribution in [-0.2, 0) is 10.0 Å². The molecule has 0 amide bonds. The smallest absolute Gasteiger partial charge is 0.234 e. The van der Waals surface area contributed by atoms with Gasteiger partial charge in [0.05, 0.1) is 18.6 Å². The maximum atomic E-state index is 12.1. The molecule has 0 spiro atoms. The van der Waals surface area contributed by atoms with Crippen LogP contribution in [0.4, 0.5) is 5.69 Å². The predicted octanol–water partition coefficient (Wildman–Crippen LogP) is 1.95. The maximum absolute atomic E-state index is 12.1. The zero-order valence-electron chi connectivity index (χ0n) is 10.6. The molecule has 0 aliphatic carbocycles. The lowest BCUT2D eigenvalue weighted by Gasteiger charge is -2.15. The number of anilines is 1. The van der Waals surface area contributed by atoms with E-state index < -0.39 is 10.0 Å². The quantitative estimate of drug-likeness (QED) is 0.853. The van der Waals surface area contributed by atoms with E-state index in [-0.39, 0.29) is 11.8 Å². The Morgan fingerprint density at radius 3 is 2.95 bits per heavy atom. The Bertz CT molecular complexity index is 542. The van der Waals surface area contributed by atoms with E-state index in [0.29, 0.717) is 11.4 Å². The van der Waals surface area contributed by atoms with Crippen molar-refractivity contribution < 1.29 is 13.2 Å². The van der Waals surface area contributed by atoms with E-state index in [1.165, 1.54) is 7.11 Å². The Hall–Kier alpha value is -0.790. The van der Waals surface area contributed by atoms with Crippen molar-refractivity contribution >= 4 is 31.6 Å². The molecule has 0 bridgehead atoms. The van der Waals surface area contributed by atoms with Gasteiger partial charge in [0.25, 0.3) is 0 Å². The number of nitrogens with one attached hydrogen (secondary N) is 2. The van der Waals surface area contributed by atoms with Crippen molar-refractivity contribution in [1.29, 1.82) is 0 Å². The second-order valence-corrected chi connectivity index (χ2v) is 7.20. The standard InChI is InChI=1S/C12H17BrN2O3S/c1-18-12-5-4-9(13)7-11(12)15-19(16,17)8-10-3-2-6-14-10/h4-5,7,10,14-15H,2-3,6,8H2,1H3. The van der Waals surface area contributed by atoms with Crippen LogP contribution in [0.25, 0.3) is 0 Å². The van der Waals surface area contributed by atoms with E-state index in [2.05, 4.69) is 26.0 Å². The molecule has 2 rings (SSSR count). The lowest BCUT2D eigenvalue weighted by atomic mass is 10.3. The summed E-state index contributed by atoms with van der Waals surface area (Å²) < 4.78 is 32.8. The third kappa shape index (κ3) is 4.09. The van der Waals surface area contributed by atoms with Gasteiger partial charge in [0.15, 0.2) is 0 Å². The van der Waals surface area contributed by atoms with Crippen molar-refractivity contribution in [3.8, 4) is 5.75 Å². The average Bonchev–Trinajstić information content (AvgIpc) is 2.80. The number of hydrogen-bond donors (Lipinski definition) is 2. The molecule has 1 heterocycles. The second-order valence-electron chi connectivity index (χ2n) is 4.52. The number of benzene rings is 1. The van der Waals surface area contributed by atoms with Gasteiger partial charge in [-0.15, -0.1) is 0 Å². The van der Waals surface area contributed by atoms with Crippen LogP contribution >= 0.6 is 15.9 Å². The predicted molar refractivity (Wildman–Crippen MR) is 79.1 cm³/mol. The fraction of sp³-hybridized carbons (Fsp3) is 0.500. The molecule has 1 aliphatic heterocycles. The van der Waals surface area contributed by atoms with E-state index in [9.17, 15) is 8.42 Å². The Kier molecular flexibility index (Phi) is 4.70. The normalized spacial score (nSPS) is 19.4. The molecule has 5 nitrogen and oxygen atoms in total. The minimum Gasteiger partial charge on any atom is -0.495 e. The van der Waals surface area contributed by atoms with Gasteiger partial charge in [-0.1, -0.05) is 15.9 Å². The van der Waals surface area contributed by atoms with E-state index >= 15 is 0 Å². The van der Waals surface area contributed by atoms with Crippen molar-refractivity contribution in [2.24, 2.45) is 0 Å². The zero-order chi connectivity index (χ0) is 13.9. The number of rotatable bonds is 5. The topological polar surface area (TPSA) is 67.4 Å². The molecule has 2 N–H and O–H groups in total. The van der Waals surface area contributed by atoms with E-state index in [0.717, 1.165) is 23.9 Å². The molecule has 1 atom stereocenters. The van der Waals surface area contributed by atoms with Crippen LogP contribution < -0.4 is 14.8 Å². The van der Waals surface area contributed by atoms with Gasteiger partial charge in [0.1, 0.15) is 5.75 Å². The fourth-order valence-corrected chi connectivity index (χ4v) is 3.89. The van der Waals surface area contributed by atoms with Crippen LogP contribution in [0.15, 0.2) is 22.7 Å². The third-order valence-corrected chi connectivity index (χ3v) is 4.88. The second kappa shape index (κ2) is 6.11. The largest absolute Gasteiger partial charge is 0.495 e. The Morgan fingerprint density at radius 2 is 2.32 bits per heavy atom. The van der Waals surface area contributed by atoms with Crippen LogP contribution in [0.1, 0.15) is 12.8 Å². The molecular formula is C12H17BrN2O3S. The molecule has 106 valence electrons. The van der Waals surface area contributed by atoms with Gasteiger partial charge in [-0.2, -0.15) is 0 Å². The molecular weight excluding hydrogens is 332 g/mol. The first-order valence-electron chi connectivity index (χ1n) is 6.07. The summed E-state index contributed by atoms with van der Waals surface area (Å²) in [5.41, 5.74) is 0.454. The minimum absolute atomic E-state index is 0.0376. The Morgan fingerprint density at radius 1 is 1.53 bits per heavy atom. The van der Waals surface area contributed by atoms with Crippen LogP contribution in [0.5, 0.6) is 5.75 Å². The first kappa shape index (κ1) is 14.6. The van der Waals surface area contributed by atoms with Crippen LogP contribution in [0.2, 0.25) is 0 Å². The monoisotopic (exact) mass is 348 g/mol. The molecule has 19 heavy (non-hydrogen) atoms. The molecule has 1 aliphatic rings. The number of halogens is 1. The summed E-state index contributed by atoms with van der Waals surface area (Å²) in [5.74, 6) is 0.592. The van der Waals surface area contributed by atoms with E-state index in [4.69, 9.17) is 4.74 Å². The third-order valence-electron chi connectivity index (χ3n) is 3.01. The molecule has 0 aromatic heterocycles. The molecule has 1 fully saturated rings. The van der Waals surface area contributed by atoms with E-state index in [1.807, 2.05) is 0 Å². The summed E-state index contributed by atoms with van der Waals surface area (Å²) in [6.45, 7) is 0.889. The maximum Gasteiger partial charge on any atom is 0.234 e. The van der Waals surface area contributed by atoms with Crippen molar-refractivity contribution in [2.45, 2.75) is 18.9 Å². The molecule has 1 saturated heterocycles. The van der Waals surface area contributed by atoms with Crippen LogP contribution in [-0.4, -0.2) is 33.9 Å². The number of ether oxygens (including phenoxy) is 1. The highest BCUT2D eigenvalue weighted by Crippen LogP contribution is 2.29. The van der Waals surface area contributed by atoms with Gasteiger partial charge in [-0.25, -0.2) is 8.42 Å². The number of sulfonamides is 1. The van der Waals surface area contributed by atoms with Crippen molar-refractivity contribution in [1.82, 2.24) is 5.32 Å². The number of methoxy groups -OCH3 is 1. The lowest BCUT2D eigenvalue weighted by molar-refractivity contribution is 0.417. The molecule has 0 saturated carbocycles. The summed E-state index contributed by atoms with van der Waals surface area (Å²) in [6, 6.07) is 5.25. The lowest BCUT2D eigenvalue weighted by Crippen LogP contribution is -2.32. The fourth-order valence-electron chi connectivity index (χ4n) is 2.13. The highest BCUT2D eigenvalue weighted by Gasteiger charge is 2.22. The molecule has 0 radical (unpaired) electrons. The van der Waals surface area contributed by atoms with Crippen LogP contribution in [0, 0.1) is 0 Å². The summed E-state index contributed by atoms with van der Waals surface area (Å²) >= 11 is 3.32. The van der Waals surface area contributed by atoms with Crippen molar-refractivity contribution in [2.75, 3.05) is 24.1 Å². The van der Waals surface area contributed by atoms with Crippen LogP contribution in [0.3, 0.4) is 0 Å². The van der Waals surface area contributed by atoms with Gasteiger partial charge in [-0.3, -0.25) is 4.72 Å². The average molecular weight is 349 g/mol. The Balaban J connectivity index is 2.12. The molecule has 1 unspecified atom stereocenters. The van der Waals surface area contributed by atoms with Crippen molar-refractivity contribution in [3.05, 3.63) is 22.7 Å². The SMILES string of the molecule is COc1ccc(Br)cc1NS(=O)(=O)CC1CCCN1. The first-order valence-corrected chi connectivity index (χ1v) is 8.52. The van der Waals surface area contributed by atoms with Gasteiger partial charge in [0, 0.05) is 10.5 Å². The summed E-state index contributed by atoms with van der Waals surface area (Å²) in [5, 5.41) is 3.18. The summed E-state index contributed by atoms with van der Waals surface area (Å²) in [7, 11) is -1.87. The van der Waals surface area contributed by atoms with Crippen molar-refractivity contribution in [3.63, 3.8) is 0 Å². The Labute approximate surface area is 121 Å². The molecule has 1 aromatic carbocycles. The summed E-state index contributed by atoms with van der Waals surface area (Å²) in [6.07, 6.45) is 1.93.